The third-order valence-corrected chi connectivity index (χ3v) is 3.62. The Bertz CT molecular complexity index is 1000. The molecule has 3 rings (SSSR count). The Kier molecular flexibility index (Phi) is 4.14. The third kappa shape index (κ3) is 2.91. The summed E-state index contributed by atoms with van der Waals surface area (Å²) in [6, 6.07) is 6.23. The maximum absolute atomic E-state index is 12.6. The van der Waals surface area contributed by atoms with Gasteiger partial charge in [-0.3, -0.25) is 4.79 Å². The average Bonchev–Trinajstić information content (AvgIpc) is 2.58. The lowest BCUT2D eigenvalue weighted by Crippen LogP contribution is -2.06. The minimum Gasteiger partial charge on any atom is -0.508 e. The summed E-state index contributed by atoms with van der Waals surface area (Å²) in [6.07, 6.45) is 0.694. The molecule has 7 heteroatoms. The first-order valence-electron chi connectivity index (χ1n) is 7.60. The highest BCUT2D eigenvalue weighted by Gasteiger charge is 2.20. The van der Waals surface area contributed by atoms with Crippen molar-refractivity contribution in [3.63, 3.8) is 0 Å². The van der Waals surface area contributed by atoms with E-state index >= 15 is 0 Å². The first kappa shape index (κ1) is 16.5. The molecular weight excluding hydrogens is 328 g/mol. The van der Waals surface area contributed by atoms with E-state index in [4.69, 9.17) is 9.15 Å². The molecule has 0 spiro atoms. The maximum atomic E-state index is 12.6. The number of fused-ring (bicyclic) bond motifs is 1. The van der Waals surface area contributed by atoms with Gasteiger partial charge < -0.3 is 29.6 Å². The van der Waals surface area contributed by atoms with Crippen molar-refractivity contribution in [1.82, 2.24) is 0 Å². The molecular formula is C18H16O7. The van der Waals surface area contributed by atoms with Crippen LogP contribution in [0, 0.1) is 0 Å². The van der Waals surface area contributed by atoms with Gasteiger partial charge in [-0.05, 0) is 24.6 Å². The molecule has 0 saturated carbocycles. The van der Waals surface area contributed by atoms with E-state index in [0.29, 0.717) is 13.0 Å². The summed E-state index contributed by atoms with van der Waals surface area (Å²) in [5.74, 6) is -1.68. The van der Waals surface area contributed by atoms with Crippen molar-refractivity contribution in [3.05, 3.63) is 40.6 Å². The predicted molar refractivity (Wildman–Crippen MR) is 90.4 cm³/mol. The fourth-order valence-electron chi connectivity index (χ4n) is 2.45. The third-order valence-electron chi connectivity index (χ3n) is 3.62. The molecule has 0 unspecified atom stereocenters. The number of benzene rings is 2. The Morgan fingerprint density at radius 3 is 2.48 bits per heavy atom. The molecule has 7 nitrogen and oxygen atoms in total. The highest BCUT2D eigenvalue weighted by Crippen LogP contribution is 2.38. The standard InChI is InChI=1S/C18H16O7/c1-2-5-24-13-7-10(19)8-14-15(13)16(22)17(23)18(25-14)9-3-4-11(20)12(21)6-9/h3-4,6-8,19-21,23H,2,5H2,1H3. The fraction of sp³-hybridized carbons (Fsp3) is 0.167. The summed E-state index contributed by atoms with van der Waals surface area (Å²) in [6.45, 7) is 2.21. The molecule has 0 saturated heterocycles. The number of phenols is 3. The van der Waals surface area contributed by atoms with Gasteiger partial charge in [0.1, 0.15) is 22.5 Å². The van der Waals surface area contributed by atoms with Crippen molar-refractivity contribution in [2.45, 2.75) is 13.3 Å². The number of aromatic hydroxyl groups is 4. The van der Waals surface area contributed by atoms with Gasteiger partial charge in [0.25, 0.3) is 0 Å². The number of hydrogen-bond acceptors (Lipinski definition) is 7. The highest BCUT2D eigenvalue weighted by atomic mass is 16.5. The van der Waals surface area contributed by atoms with E-state index < -0.39 is 16.9 Å². The SMILES string of the molecule is CCCOc1cc(O)cc2oc(-c3ccc(O)c(O)c3)c(O)c(=O)c12. The molecule has 0 fully saturated rings. The van der Waals surface area contributed by atoms with Gasteiger partial charge in [-0.15, -0.1) is 0 Å². The van der Waals surface area contributed by atoms with E-state index in [1.165, 1.54) is 24.3 Å². The van der Waals surface area contributed by atoms with E-state index in [0.717, 1.165) is 6.07 Å². The van der Waals surface area contributed by atoms with Crippen molar-refractivity contribution in [3.8, 4) is 40.1 Å². The molecule has 0 aliphatic heterocycles. The molecule has 4 N–H and O–H groups in total. The molecule has 130 valence electrons. The molecule has 0 atom stereocenters. The Hall–Kier alpha value is -3.35. The van der Waals surface area contributed by atoms with Crippen LogP contribution in [0.3, 0.4) is 0 Å². The van der Waals surface area contributed by atoms with Crippen LogP contribution in [0.25, 0.3) is 22.3 Å². The summed E-state index contributed by atoms with van der Waals surface area (Å²) in [4.78, 5) is 12.6. The monoisotopic (exact) mass is 344 g/mol. The fourth-order valence-corrected chi connectivity index (χ4v) is 2.45. The van der Waals surface area contributed by atoms with Crippen molar-refractivity contribution >= 4 is 11.0 Å². The van der Waals surface area contributed by atoms with Crippen molar-refractivity contribution in [2.75, 3.05) is 6.61 Å². The van der Waals surface area contributed by atoms with E-state index in [-0.39, 0.29) is 39.5 Å². The van der Waals surface area contributed by atoms with Crippen LogP contribution in [-0.2, 0) is 0 Å². The summed E-state index contributed by atoms with van der Waals surface area (Å²) >= 11 is 0. The second-order valence-electron chi connectivity index (χ2n) is 5.48. The van der Waals surface area contributed by atoms with Crippen LogP contribution < -0.4 is 10.2 Å². The molecule has 0 aliphatic carbocycles. The molecule has 2 aromatic carbocycles. The highest BCUT2D eigenvalue weighted by molar-refractivity contribution is 5.88. The van der Waals surface area contributed by atoms with E-state index in [9.17, 15) is 25.2 Å². The van der Waals surface area contributed by atoms with Gasteiger partial charge in [-0.25, -0.2) is 0 Å². The number of ether oxygens (including phenoxy) is 1. The number of rotatable bonds is 4. The van der Waals surface area contributed by atoms with Gasteiger partial charge >= 0.3 is 0 Å². The molecule has 1 aromatic heterocycles. The summed E-state index contributed by atoms with van der Waals surface area (Å²) < 4.78 is 11.0. The van der Waals surface area contributed by atoms with Crippen LogP contribution in [0.4, 0.5) is 0 Å². The molecule has 0 aliphatic rings. The molecule has 25 heavy (non-hydrogen) atoms. The smallest absolute Gasteiger partial charge is 0.238 e. The van der Waals surface area contributed by atoms with Crippen LogP contribution in [0.5, 0.6) is 28.7 Å². The molecule has 1 heterocycles. The largest absolute Gasteiger partial charge is 0.508 e. The predicted octanol–water partition coefficient (Wildman–Crippen LogP) is 3.07. The van der Waals surface area contributed by atoms with Gasteiger partial charge in [-0.1, -0.05) is 6.92 Å². The van der Waals surface area contributed by atoms with Crippen molar-refractivity contribution in [2.24, 2.45) is 0 Å². The Labute approximate surface area is 142 Å². The zero-order valence-corrected chi connectivity index (χ0v) is 13.3. The molecule has 0 radical (unpaired) electrons. The average molecular weight is 344 g/mol. The zero-order valence-electron chi connectivity index (χ0n) is 13.3. The summed E-state index contributed by atoms with van der Waals surface area (Å²) in [5, 5.41) is 39.1. The maximum Gasteiger partial charge on any atom is 0.238 e. The lowest BCUT2D eigenvalue weighted by atomic mass is 10.1. The topological polar surface area (TPSA) is 120 Å². The molecule has 3 aromatic rings. The number of hydrogen-bond donors (Lipinski definition) is 4. The van der Waals surface area contributed by atoms with Crippen molar-refractivity contribution in [1.29, 1.82) is 0 Å². The van der Waals surface area contributed by atoms with Crippen LogP contribution in [-0.4, -0.2) is 27.0 Å². The molecule has 0 bridgehead atoms. The van der Waals surface area contributed by atoms with Gasteiger partial charge in [-0.2, -0.15) is 0 Å². The van der Waals surface area contributed by atoms with Gasteiger partial charge in [0.15, 0.2) is 17.3 Å². The van der Waals surface area contributed by atoms with Crippen LogP contribution in [0.2, 0.25) is 0 Å². The lowest BCUT2D eigenvalue weighted by molar-refractivity contribution is 0.318. The van der Waals surface area contributed by atoms with E-state index in [2.05, 4.69) is 0 Å². The van der Waals surface area contributed by atoms with Crippen LogP contribution in [0.1, 0.15) is 13.3 Å². The van der Waals surface area contributed by atoms with Gasteiger partial charge in [0.2, 0.25) is 11.2 Å². The number of phenolic OH excluding ortho intramolecular Hbond substituents is 3. The Balaban J connectivity index is 2.28. The minimum atomic E-state index is -0.727. The molecule has 0 amide bonds. The van der Waals surface area contributed by atoms with Crippen LogP contribution in [0.15, 0.2) is 39.5 Å². The van der Waals surface area contributed by atoms with Crippen molar-refractivity contribution < 1.29 is 29.6 Å². The quantitative estimate of drug-likeness (QED) is 0.537. The first-order chi connectivity index (χ1) is 11.9. The summed E-state index contributed by atoms with van der Waals surface area (Å²) in [7, 11) is 0. The van der Waals surface area contributed by atoms with E-state index in [1.807, 2.05) is 6.92 Å². The zero-order chi connectivity index (χ0) is 18.1. The van der Waals surface area contributed by atoms with E-state index in [1.54, 1.807) is 0 Å². The van der Waals surface area contributed by atoms with Crippen LogP contribution >= 0.6 is 0 Å². The second kappa shape index (κ2) is 6.27. The second-order valence-corrected chi connectivity index (χ2v) is 5.48. The lowest BCUT2D eigenvalue weighted by Gasteiger charge is -2.11. The minimum absolute atomic E-state index is 0.00972. The van der Waals surface area contributed by atoms with Gasteiger partial charge in [0.05, 0.1) is 6.61 Å². The Morgan fingerprint density at radius 2 is 1.80 bits per heavy atom. The first-order valence-corrected chi connectivity index (χ1v) is 7.60. The Morgan fingerprint density at radius 1 is 1.04 bits per heavy atom. The van der Waals surface area contributed by atoms with Gasteiger partial charge in [0, 0.05) is 17.7 Å². The normalized spacial score (nSPS) is 10.9. The summed E-state index contributed by atoms with van der Waals surface area (Å²) in [5.41, 5.74) is -0.516.